The second-order valence-corrected chi connectivity index (χ2v) is 3.09. The molecule has 0 spiro atoms. The Balaban J connectivity index is 1.79. The van der Waals surface area contributed by atoms with E-state index < -0.39 is 0 Å². The molecular weight excluding hydrogens is 166 g/mol. The number of hydrogen-bond acceptors (Lipinski definition) is 5. The summed E-state index contributed by atoms with van der Waals surface area (Å²) in [4.78, 5) is 7.90. The van der Waals surface area contributed by atoms with Gasteiger partial charge < -0.3 is 5.32 Å². The summed E-state index contributed by atoms with van der Waals surface area (Å²) in [5.74, 6) is 0. The number of nitrogens with one attached hydrogen (secondary N) is 3. The molecule has 70 valence electrons. The zero-order chi connectivity index (χ0) is 8.93. The molecule has 0 unspecified atom stereocenters. The van der Waals surface area contributed by atoms with Crippen molar-refractivity contribution in [3.05, 3.63) is 24.3 Å². The fourth-order valence-electron chi connectivity index (χ4n) is 1.29. The summed E-state index contributed by atoms with van der Waals surface area (Å²) in [6.45, 7) is 2.76. The van der Waals surface area contributed by atoms with Gasteiger partial charge in [-0.3, -0.25) is 10.9 Å². The van der Waals surface area contributed by atoms with Gasteiger partial charge in [0.15, 0.2) is 0 Å². The van der Waals surface area contributed by atoms with Gasteiger partial charge in [0.05, 0.1) is 0 Å². The van der Waals surface area contributed by atoms with Crippen molar-refractivity contribution in [2.45, 2.75) is 12.6 Å². The lowest BCUT2D eigenvalue weighted by Crippen LogP contribution is -2.32. The Morgan fingerprint density at radius 1 is 1.31 bits per heavy atom. The van der Waals surface area contributed by atoms with Gasteiger partial charge in [0.2, 0.25) is 0 Å². The zero-order valence-electron chi connectivity index (χ0n) is 7.33. The molecule has 1 aromatic heterocycles. The molecule has 1 fully saturated rings. The zero-order valence-corrected chi connectivity index (χ0v) is 7.33. The number of rotatable bonds is 3. The monoisotopic (exact) mass is 179 g/mol. The van der Waals surface area contributed by atoms with E-state index in [-0.39, 0.29) is 0 Å². The first kappa shape index (κ1) is 8.55. The van der Waals surface area contributed by atoms with Crippen LogP contribution in [0.3, 0.4) is 0 Å². The third-order valence-electron chi connectivity index (χ3n) is 2.03. The maximum absolute atomic E-state index is 3.95. The lowest BCUT2D eigenvalue weighted by atomic mass is 10.3. The predicted molar refractivity (Wildman–Crippen MR) is 48.7 cm³/mol. The number of hydrogen-bond donors (Lipinski definition) is 3. The largest absolute Gasteiger partial charge is 0.307 e. The van der Waals surface area contributed by atoms with E-state index in [0.717, 1.165) is 25.2 Å². The average molecular weight is 179 g/mol. The van der Waals surface area contributed by atoms with Gasteiger partial charge in [-0.05, 0) is 0 Å². The number of aromatic nitrogens is 2. The van der Waals surface area contributed by atoms with Gasteiger partial charge in [0.25, 0.3) is 0 Å². The Hall–Kier alpha value is -1.04. The predicted octanol–water partition coefficient (Wildman–Crippen LogP) is -0.957. The molecule has 13 heavy (non-hydrogen) atoms. The van der Waals surface area contributed by atoms with Crippen LogP contribution in [0.15, 0.2) is 18.7 Å². The maximum Gasteiger partial charge on any atom is 0.115 e. The Morgan fingerprint density at radius 3 is 2.69 bits per heavy atom. The first-order valence-corrected chi connectivity index (χ1v) is 4.38. The van der Waals surface area contributed by atoms with Gasteiger partial charge in [-0.15, -0.1) is 0 Å². The highest BCUT2D eigenvalue weighted by Crippen LogP contribution is 1.94. The van der Waals surface area contributed by atoms with Crippen molar-refractivity contribution in [2.75, 3.05) is 13.1 Å². The standard InChI is InChI=1S/C8H13N5/c1-7(2-10-6-9-1)3-11-8-4-12-13-5-8/h1-2,6,8,11-13H,3-5H2. The van der Waals surface area contributed by atoms with Crippen molar-refractivity contribution in [3.63, 3.8) is 0 Å². The first-order valence-electron chi connectivity index (χ1n) is 4.38. The summed E-state index contributed by atoms with van der Waals surface area (Å²) < 4.78 is 0. The van der Waals surface area contributed by atoms with E-state index in [4.69, 9.17) is 0 Å². The second-order valence-electron chi connectivity index (χ2n) is 3.09. The maximum atomic E-state index is 3.95. The summed E-state index contributed by atoms with van der Waals surface area (Å²) >= 11 is 0. The lowest BCUT2D eigenvalue weighted by molar-refractivity contribution is 0.564. The molecule has 2 rings (SSSR count). The van der Waals surface area contributed by atoms with Crippen molar-refractivity contribution >= 4 is 0 Å². The first-order chi connectivity index (χ1) is 6.45. The van der Waals surface area contributed by atoms with Gasteiger partial charge in [0, 0.05) is 43.6 Å². The van der Waals surface area contributed by atoms with Crippen molar-refractivity contribution < 1.29 is 0 Å². The quantitative estimate of drug-likeness (QED) is 0.558. The van der Waals surface area contributed by atoms with Gasteiger partial charge in [-0.1, -0.05) is 0 Å². The Labute approximate surface area is 76.9 Å². The molecule has 1 saturated heterocycles. The fourth-order valence-corrected chi connectivity index (χ4v) is 1.29. The summed E-state index contributed by atoms with van der Waals surface area (Å²) in [6, 6.07) is 0.500. The van der Waals surface area contributed by atoms with Crippen LogP contribution in [-0.2, 0) is 6.54 Å². The van der Waals surface area contributed by atoms with E-state index in [1.54, 1.807) is 6.33 Å². The minimum Gasteiger partial charge on any atom is -0.307 e. The number of nitrogens with zero attached hydrogens (tertiary/aromatic N) is 2. The molecule has 0 amide bonds. The van der Waals surface area contributed by atoms with Gasteiger partial charge >= 0.3 is 0 Å². The summed E-state index contributed by atoms with van der Waals surface area (Å²) in [5.41, 5.74) is 7.25. The molecule has 1 aliphatic rings. The van der Waals surface area contributed by atoms with Crippen LogP contribution in [0.1, 0.15) is 5.56 Å². The van der Waals surface area contributed by atoms with Crippen molar-refractivity contribution in [1.29, 1.82) is 0 Å². The minimum atomic E-state index is 0.500. The summed E-state index contributed by atoms with van der Waals surface area (Å²) in [7, 11) is 0. The molecule has 1 aromatic rings. The van der Waals surface area contributed by atoms with Gasteiger partial charge in [-0.25, -0.2) is 9.97 Å². The topological polar surface area (TPSA) is 61.9 Å². The van der Waals surface area contributed by atoms with Crippen molar-refractivity contribution in [1.82, 2.24) is 26.1 Å². The smallest absolute Gasteiger partial charge is 0.115 e. The molecule has 0 atom stereocenters. The van der Waals surface area contributed by atoms with Gasteiger partial charge in [-0.2, -0.15) is 0 Å². The summed E-state index contributed by atoms with van der Waals surface area (Å²) in [5, 5.41) is 3.39. The van der Waals surface area contributed by atoms with Gasteiger partial charge in [0.1, 0.15) is 6.33 Å². The SMILES string of the molecule is c1ncc(CNC2CNNC2)cn1. The van der Waals surface area contributed by atoms with E-state index in [2.05, 4.69) is 26.1 Å². The van der Waals surface area contributed by atoms with Crippen LogP contribution in [0.4, 0.5) is 0 Å². The average Bonchev–Trinajstić information content (AvgIpc) is 2.69. The normalized spacial score (nSPS) is 17.8. The molecule has 0 saturated carbocycles. The minimum absolute atomic E-state index is 0.500. The van der Waals surface area contributed by atoms with Crippen LogP contribution in [-0.4, -0.2) is 29.1 Å². The van der Waals surface area contributed by atoms with Crippen LogP contribution in [0, 0.1) is 0 Å². The highest BCUT2D eigenvalue weighted by molar-refractivity contribution is 5.02. The van der Waals surface area contributed by atoms with Crippen LogP contribution >= 0.6 is 0 Å². The molecule has 0 aliphatic carbocycles. The Bertz CT molecular complexity index is 244. The molecular formula is C8H13N5. The number of hydrazine groups is 1. The molecule has 3 N–H and O–H groups in total. The Kier molecular flexibility index (Phi) is 2.81. The third kappa shape index (κ3) is 2.45. The van der Waals surface area contributed by atoms with Crippen LogP contribution in [0.2, 0.25) is 0 Å². The van der Waals surface area contributed by atoms with Crippen LogP contribution in [0.5, 0.6) is 0 Å². The van der Waals surface area contributed by atoms with E-state index in [9.17, 15) is 0 Å². The van der Waals surface area contributed by atoms with Crippen LogP contribution in [0.25, 0.3) is 0 Å². The van der Waals surface area contributed by atoms with E-state index in [1.807, 2.05) is 12.4 Å². The van der Waals surface area contributed by atoms with Crippen LogP contribution < -0.4 is 16.2 Å². The highest BCUT2D eigenvalue weighted by Gasteiger charge is 2.12. The van der Waals surface area contributed by atoms with Crippen molar-refractivity contribution in [3.8, 4) is 0 Å². The second kappa shape index (κ2) is 4.27. The highest BCUT2D eigenvalue weighted by atomic mass is 15.4. The van der Waals surface area contributed by atoms with E-state index >= 15 is 0 Å². The molecule has 0 radical (unpaired) electrons. The molecule has 5 nitrogen and oxygen atoms in total. The Morgan fingerprint density at radius 2 is 2.00 bits per heavy atom. The molecule has 0 aromatic carbocycles. The van der Waals surface area contributed by atoms with E-state index in [0.29, 0.717) is 6.04 Å². The molecule has 0 bridgehead atoms. The third-order valence-corrected chi connectivity index (χ3v) is 2.03. The lowest BCUT2D eigenvalue weighted by Gasteiger charge is -2.09. The molecule has 2 heterocycles. The fraction of sp³-hybridized carbons (Fsp3) is 0.500. The molecule has 1 aliphatic heterocycles. The molecule has 5 heteroatoms. The summed E-state index contributed by atoms with van der Waals surface area (Å²) in [6.07, 6.45) is 5.20. The van der Waals surface area contributed by atoms with E-state index in [1.165, 1.54) is 0 Å². The van der Waals surface area contributed by atoms with Crippen molar-refractivity contribution in [2.24, 2.45) is 0 Å².